The van der Waals surface area contributed by atoms with Gasteiger partial charge in [0.15, 0.2) is 0 Å². The molecule has 0 atom stereocenters. The second kappa shape index (κ2) is 3.94. The van der Waals surface area contributed by atoms with Crippen molar-refractivity contribution in [2.75, 3.05) is 0 Å². The van der Waals surface area contributed by atoms with Crippen LogP contribution in [0.3, 0.4) is 0 Å². The van der Waals surface area contributed by atoms with Crippen LogP contribution in [0, 0.1) is 13.8 Å². The minimum Gasteiger partial charge on any atom is -0.423 e. The number of aryl methyl sites for hydroxylation is 1. The third kappa shape index (κ3) is 2.38. The summed E-state index contributed by atoms with van der Waals surface area (Å²) in [5.74, 6) is 0. The quantitative estimate of drug-likeness (QED) is 0.544. The van der Waals surface area contributed by atoms with Crippen LogP contribution in [0.1, 0.15) is 11.1 Å². The Hall–Kier alpha value is -0.885. The molecule has 0 saturated carbocycles. The molecular weight excluding hydrogens is 217 g/mol. The average molecular weight is 229 g/mol. The van der Waals surface area contributed by atoms with Gasteiger partial charge in [-0.15, -0.1) is 0 Å². The first kappa shape index (κ1) is 12.2. The molecule has 0 heterocycles. The van der Waals surface area contributed by atoms with Gasteiger partial charge in [-0.1, -0.05) is 11.6 Å². The second-order valence-corrected chi connectivity index (χ2v) is 4.87. The number of hydrogen-bond donors (Lipinski definition) is 3. The molecule has 0 spiro atoms. The number of benzene rings is 1. The molecular formula is C8H12BNO4S. The molecule has 4 N–H and O–H groups in total. The molecule has 1 rings (SSSR count). The molecule has 0 unspecified atom stereocenters. The van der Waals surface area contributed by atoms with Crippen LogP contribution >= 0.6 is 0 Å². The van der Waals surface area contributed by atoms with Gasteiger partial charge in [0.25, 0.3) is 0 Å². The van der Waals surface area contributed by atoms with Crippen LogP contribution < -0.4 is 10.6 Å². The molecule has 7 heteroatoms. The first-order valence-electron chi connectivity index (χ1n) is 4.24. The summed E-state index contributed by atoms with van der Waals surface area (Å²) in [6.07, 6.45) is 0. The van der Waals surface area contributed by atoms with Gasteiger partial charge in [-0.25, -0.2) is 13.6 Å². The average Bonchev–Trinajstić information content (AvgIpc) is 2.00. The van der Waals surface area contributed by atoms with E-state index in [2.05, 4.69) is 0 Å². The summed E-state index contributed by atoms with van der Waals surface area (Å²) in [5.41, 5.74) is 1.06. The largest absolute Gasteiger partial charge is 0.489 e. The fourth-order valence-corrected chi connectivity index (χ4v) is 2.34. The standard InChI is InChI=1S/C8H12BNO4S/c1-5-3-4-7(15(10,13)14)6(2)8(5)9(11)12/h3-4,11-12H,1-2H3,(H2,10,13,14). The summed E-state index contributed by atoms with van der Waals surface area (Å²) >= 11 is 0. The minimum absolute atomic E-state index is 0.0869. The molecule has 0 amide bonds. The van der Waals surface area contributed by atoms with Crippen LogP contribution in [-0.4, -0.2) is 25.6 Å². The second-order valence-electron chi connectivity index (χ2n) is 3.34. The lowest BCUT2D eigenvalue weighted by atomic mass is 9.74. The van der Waals surface area contributed by atoms with Gasteiger partial charge in [-0.05, 0) is 30.9 Å². The number of hydrogen-bond acceptors (Lipinski definition) is 4. The SMILES string of the molecule is Cc1ccc(S(N)(=O)=O)c(C)c1B(O)O. The molecule has 0 aromatic heterocycles. The van der Waals surface area contributed by atoms with Gasteiger partial charge in [0.1, 0.15) is 0 Å². The molecule has 0 aliphatic carbocycles. The zero-order valence-corrected chi connectivity index (χ0v) is 9.25. The Morgan fingerprint density at radius 1 is 1.27 bits per heavy atom. The molecule has 1 aromatic carbocycles. The number of nitrogens with two attached hydrogens (primary N) is 1. The summed E-state index contributed by atoms with van der Waals surface area (Å²) in [5, 5.41) is 23.2. The van der Waals surface area contributed by atoms with E-state index in [1.165, 1.54) is 19.1 Å². The van der Waals surface area contributed by atoms with Gasteiger partial charge in [0, 0.05) is 0 Å². The highest BCUT2D eigenvalue weighted by Crippen LogP contribution is 2.13. The summed E-state index contributed by atoms with van der Waals surface area (Å²) in [6.45, 7) is 3.15. The van der Waals surface area contributed by atoms with Crippen LogP contribution in [-0.2, 0) is 10.0 Å². The van der Waals surface area contributed by atoms with Gasteiger partial charge in [0.05, 0.1) is 4.90 Å². The van der Waals surface area contributed by atoms with Crippen molar-refractivity contribution in [3.05, 3.63) is 23.3 Å². The lowest BCUT2D eigenvalue weighted by Crippen LogP contribution is -2.36. The Morgan fingerprint density at radius 3 is 2.20 bits per heavy atom. The van der Waals surface area contributed by atoms with E-state index in [-0.39, 0.29) is 15.9 Å². The molecule has 5 nitrogen and oxygen atoms in total. The fourth-order valence-electron chi connectivity index (χ4n) is 1.55. The van der Waals surface area contributed by atoms with Crippen LogP contribution in [0.5, 0.6) is 0 Å². The highest BCUT2D eigenvalue weighted by Gasteiger charge is 2.22. The van der Waals surface area contributed by atoms with Gasteiger partial charge in [-0.2, -0.15) is 0 Å². The van der Waals surface area contributed by atoms with Crippen molar-refractivity contribution in [3.8, 4) is 0 Å². The fraction of sp³-hybridized carbons (Fsp3) is 0.250. The van der Waals surface area contributed by atoms with Crippen molar-refractivity contribution in [2.24, 2.45) is 5.14 Å². The molecule has 0 radical (unpaired) electrons. The lowest BCUT2D eigenvalue weighted by Gasteiger charge is -2.12. The topological polar surface area (TPSA) is 101 Å². The Morgan fingerprint density at radius 2 is 1.80 bits per heavy atom. The number of primary sulfonamides is 1. The molecule has 0 fully saturated rings. The first-order chi connectivity index (χ1) is 6.75. The van der Waals surface area contributed by atoms with Gasteiger partial charge in [-0.3, -0.25) is 0 Å². The summed E-state index contributed by atoms with van der Waals surface area (Å²) in [7, 11) is -5.53. The maximum atomic E-state index is 11.2. The van der Waals surface area contributed by atoms with E-state index in [0.29, 0.717) is 5.56 Å². The van der Waals surface area contributed by atoms with E-state index in [1.807, 2.05) is 0 Å². The number of sulfonamides is 1. The van der Waals surface area contributed by atoms with Crippen LogP contribution in [0.25, 0.3) is 0 Å². The summed E-state index contributed by atoms with van der Waals surface area (Å²) in [4.78, 5) is -0.0869. The van der Waals surface area contributed by atoms with Crippen molar-refractivity contribution in [2.45, 2.75) is 18.7 Å². The van der Waals surface area contributed by atoms with E-state index in [0.717, 1.165) is 0 Å². The lowest BCUT2D eigenvalue weighted by molar-refractivity contribution is 0.425. The molecule has 0 aliphatic rings. The Bertz CT molecular complexity index is 484. The smallest absolute Gasteiger partial charge is 0.423 e. The highest BCUT2D eigenvalue weighted by atomic mass is 32.2. The van der Waals surface area contributed by atoms with Gasteiger partial charge < -0.3 is 10.0 Å². The van der Waals surface area contributed by atoms with E-state index < -0.39 is 17.1 Å². The Kier molecular flexibility index (Phi) is 3.20. The summed E-state index contributed by atoms with van der Waals surface area (Å²) < 4.78 is 22.3. The maximum absolute atomic E-state index is 11.2. The van der Waals surface area contributed by atoms with Crippen LogP contribution in [0.15, 0.2) is 17.0 Å². The van der Waals surface area contributed by atoms with Crippen LogP contribution in [0.4, 0.5) is 0 Å². The van der Waals surface area contributed by atoms with Crippen molar-refractivity contribution < 1.29 is 18.5 Å². The third-order valence-corrected chi connectivity index (χ3v) is 3.30. The molecule has 1 aromatic rings. The normalized spacial score (nSPS) is 11.5. The van der Waals surface area contributed by atoms with E-state index in [4.69, 9.17) is 15.2 Å². The van der Waals surface area contributed by atoms with E-state index in [9.17, 15) is 8.42 Å². The monoisotopic (exact) mass is 229 g/mol. The molecule has 15 heavy (non-hydrogen) atoms. The molecule has 82 valence electrons. The zero-order chi connectivity index (χ0) is 11.8. The van der Waals surface area contributed by atoms with E-state index >= 15 is 0 Å². The Labute approximate surface area is 88.7 Å². The Balaban J connectivity index is 3.56. The number of rotatable bonds is 2. The van der Waals surface area contributed by atoms with Crippen molar-refractivity contribution in [1.82, 2.24) is 0 Å². The molecule has 0 bridgehead atoms. The predicted octanol–water partition coefficient (Wildman–Crippen LogP) is -1.37. The van der Waals surface area contributed by atoms with Crippen molar-refractivity contribution in [1.29, 1.82) is 0 Å². The minimum atomic E-state index is -3.83. The van der Waals surface area contributed by atoms with E-state index in [1.54, 1.807) is 6.92 Å². The van der Waals surface area contributed by atoms with Crippen LogP contribution in [0.2, 0.25) is 0 Å². The molecule has 0 saturated heterocycles. The first-order valence-corrected chi connectivity index (χ1v) is 5.79. The van der Waals surface area contributed by atoms with Crippen molar-refractivity contribution in [3.63, 3.8) is 0 Å². The van der Waals surface area contributed by atoms with Gasteiger partial charge >= 0.3 is 7.12 Å². The highest BCUT2D eigenvalue weighted by molar-refractivity contribution is 7.89. The maximum Gasteiger partial charge on any atom is 0.489 e. The van der Waals surface area contributed by atoms with Crippen molar-refractivity contribution >= 4 is 22.6 Å². The summed E-state index contributed by atoms with van der Waals surface area (Å²) in [6, 6.07) is 2.84. The third-order valence-electron chi connectivity index (χ3n) is 2.25. The zero-order valence-electron chi connectivity index (χ0n) is 8.43. The predicted molar refractivity (Wildman–Crippen MR) is 57.1 cm³/mol. The molecule has 0 aliphatic heterocycles. The van der Waals surface area contributed by atoms with Gasteiger partial charge in [0.2, 0.25) is 10.0 Å².